The van der Waals surface area contributed by atoms with Crippen molar-refractivity contribution in [3.8, 4) is 11.5 Å². The van der Waals surface area contributed by atoms with E-state index in [1.54, 1.807) is 14.2 Å². The van der Waals surface area contributed by atoms with E-state index in [1.165, 1.54) is 0 Å². The number of nitrogens with one attached hydrogen (secondary N) is 2. The molecule has 122 valence electrons. The van der Waals surface area contributed by atoms with Gasteiger partial charge in [0.25, 0.3) is 0 Å². The summed E-state index contributed by atoms with van der Waals surface area (Å²) in [4.78, 5) is 12.0. The minimum Gasteiger partial charge on any atom is -0.497 e. The lowest BCUT2D eigenvalue weighted by molar-refractivity contribution is 0.252. The van der Waals surface area contributed by atoms with Gasteiger partial charge >= 0.3 is 6.03 Å². The molecule has 2 rings (SSSR count). The number of aryl methyl sites for hydroxylation is 1. The Kier molecular flexibility index (Phi) is 5.86. The van der Waals surface area contributed by atoms with Gasteiger partial charge in [-0.3, -0.25) is 0 Å². The Labute approximate surface area is 136 Å². The molecule has 0 saturated carbocycles. The van der Waals surface area contributed by atoms with E-state index in [2.05, 4.69) is 10.6 Å². The summed E-state index contributed by atoms with van der Waals surface area (Å²) in [6, 6.07) is 13.2. The molecule has 0 saturated heterocycles. The van der Waals surface area contributed by atoms with E-state index in [4.69, 9.17) is 9.47 Å². The molecule has 5 nitrogen and oxygen atoms in total. The highest BCUT2D eigenvalue weighted by atomic mass is 16.5. The summed E-state index contributed by atoms with van der Waals surface area (Å²) < 4.78 is 10.4. The van der Waals surface area contributed by atoms with Crippen LogP contribution in [0.4, 0.5) is 10.5 Å². The van der Waals surface area contributed by atoms with Crippen molar-refractivity contribution in [2.45, 2.75) is 13.3 Å². The number of hydrogen-bond acceptors (Lipinski definition) is 3. The molecule has 0 fully saturated rings. The average Bonchev–Trinajstić information content (AvgIpc) is 2.57. The van der Waals surface area contributed by atoms with Crippen molar-refractivity contribution in [1.82, 2.24) is 5.32 Å². The SMILES string of the molecule is COc1ccc(CCNC(=O)Nc2ccc(C)cc2OC)cc1. The minimum atomic E-state index is -0.249. The second kappa shape index (κ2) is 8.08. The van der Waals surface area contributed by atoms with E-state index >= 15 is 0 Å². The number of ether oxygens (including phenoxy) is 2. The van der Waals surface area contributed by atoms with Gasteiger partial charge in [-0.05, 0) is 48.7 Å². The van der Waals surface area contributed by atoms with Gasteiger partial charge in [-0.2, -0.15) is 0 Å². The first-order chi connectivity index (χ1) is 11.1. The van der Waals surface area contributed by atoms with Crippen LogP contribution in [0.5, 0.6) is 11.5 Å². The fourth-order valence-electron chi connectivity index (χ4n) is 2.18. The number of urea groups is 1. The van der Waals surface area contributed by atoms with Crippen LogP contribution in [0.15, 0.2) is 42.5 Å². The highest BCUT2D eigenvalue weighted by Gasteiger charge is 2.07. The summed E-state index contributed by atoms with van der Waals surface area (Å²) in [5.41, 5.74) is 2.87. The molecular formula is C18H22N2O3. The van der Waals surface area contributed by atoms with E-state index in [1.807, 2.05) is 49.4 Å². The topological polar surface area (TPSA) is 59.6 Å². The van der Waals surface area contributed by atoms with E-state index in [-0.39, 0.29) is 6.03 Å². The van der Waals surface area contributed by atoms with Crippen molar-refractivity contribution in [3.05, 3.63) is 53.6 Å². The van der Waals surface area contributed by atoms with Crippen LogP contribution in [0.2, 0.25) is 0 Å². The Morgan fingerprint density at radius 2 is 1.78 bits per heavy atom. The molecule has 2 aromatic carbocycles. The predicted molar refractivity (Wildman–Crippen MR) is 91.5 cm³/mol. The first-order valence-corrected chi connectivity index (χ1v) is 7.45. The van der Waals surface area contributed by atoms with Gasteiger partial charge in [0.05, 0.1) is 19.9 Å². The fourth-order valence-corrected chi connectivity index (χ4v) is 2.18. The van der Waals surface area contributed by atoms with E-state index in [0.29, 0.717) is 18.0 Å². The molecule has 2 aromatic rings. The molecule has 2 N–H and O–H groups in total. The molecule has 0 radical (unpaired) electrons. The Bertz CT molecular complexity index is 654. The predicted octanol–water partition coefficient (Wildman–Crippen LogP) is 3.38. The smallest absolute Gasteiger partial charge is 0.319 e. The minimum absolute atomic E-state index is 0.249. The van der Waals surface area contributed by atoms with Crippen LogP contribution >= 0.6 is 0 Å². The molecule has 0 spiro atoms. The highest BCUT2D eigenvalue weighted by Crippen LogP contribution is 2.24. The Balaban J connectivity index is 1.83. The summed E-state index contributed by atoms with van der Waals surface area (Å²) in [6.45, 7) is 2.52. The van der Waals surface area contributed by atoms with E-state index < -0.39 is 0 Å². The second-order valence-corrected chi connectivity index (χ2v) is 5.18. The number of rotatable bonds is 6. The first-order valence-electron chi connectivity index (χ1n) is 7.45. The number of amides is 2. The third-order valence-corrected chi connectivity index (χ3v) is 3.46. The standard InChI is InChI=1S/C18H22N2O3/c1-13-4-9-16(17(12-13)23-3)20-18(21)19-11-10-14-5-7-15(22-2)8-6-14/h4-9,12H,10-11H2,1-3H3,(H2,19,20,21). The lowest BCUT2D eigenvalue weighted by atomic mass is 10.1. The largest absolute Gasteiger partial charge is 0.497 e. The maximum Gasteiger partial charge on any atom is 0.319 e. The molecule has 0 aliphatic carbocycles. The zero-order chi connectivity index (χ0) is 16.7. The highest BCUT2D eigenvalue weighted by molar-refractivity contribution is 5.90. The maximum atomic E-state index is 12.0. The maximum absolute atomic E-state index is 12.0. The third kappa shape index (κ3) is 4.92. The zero-order valence-electron chi connectivity index (χ0n) is 13.7. The molecule has 0 unspecified atom stereocenters. The number of benzene rings is 2. The van der Waals surface area contributed by atoms with Crippen molar-refractivity contribution in [2.75, 3.05) is 26.1 Å². The normalized spacial score (nSPS) is 10.0. The molecular weight excluding hydrogens is 292 g/mol. The zero-order valence-corrected chi connectivity index (χ0v) is 13.7. The van der Waals surface area contributed by atoms with Gasteiger partial charge in [0.2, 0.25) is 0 Å². The van der Waals surface area contributed by atoms with Crippen molar-refractivity contribution in [3.63, 3.8) is 0 Å². The van der Waals surface area contributed by atoms with E-state index in [0.717, 1.165) is 23.3 Å². The molecule has 0 aliphatic heterocycles. The average molecular weight is 314 g/mol. The van der Waals surface area contributed by atoms with Crippen LogP contribution in [-0.4, -0.2) is 26.8 Å². The van der Waals surface area contributed by atoms with Gasteiger partial charge in [0, 0.05) is 6.54 Å². The van der Waals surface area contributed by atoms with Crippen molar-refractivity contribution in [1.29, 1.82) is 0 Å². The third-order valence-electron chi connectivity index (χ3n) is 3.46. The van der Waals surface area contributed by atoms with Gasteiger partial charge in [-0.25, -0.2) is 4.79 Å². The quantitative estimate of drug-likeness (QED) is 0.859. The lowest BCUT2D eigenvalue weighted by Gasteiger charge is -2.12. The number of hydrogen-bond donors (Lipinski definition) is 2. The van der Waals surface area contributed by atoms with Crippen LogP contribution in [0.25, 0.3) is 0 Å². The number of carbonyl (C=O) groups is 1. The first kappa shape index (κ1) is 16.7. The van der Waals surface area contributed by atoms with Gasteiger partial charge in [-0.1, -0.05) is 18.2 Å². The van der Waals surface area contributed by atoms with Crippen LogP contribution < -0.4 is 20.1 Å². The molecule has 0 aliphatic rings. The fraction of sp³-hybridized carbons (Fsp3) is 0.278. The van der Waals surface area contributed by atoms with Crippen LogP contribution in [-0.2, 0) is 6.42 Å². The van der Waals surface area contributed by atoms with Gasteiger partial charge < -0.3 is 20.1 Å². The summed E-state index contributed by atoms with van der Waals surface area (Å²) in [7, 11) is 3.22. The molecule has 0 heterocycles. The lowest BCUT2D eigenvalue weighted by Crippen LogP contribution is -2.30. The summed E-state index contributed by atoms with van der Waals surface area (Å²) >= 11 is 0. The Hall–Kier alpha value is -2.69. The van der Waals surface area contributed by atoms with Crippen molar-refractivity contribution in [2.24, 2.45) is 0 Å². The van der Waals surface area contributed by atoms with Crippen LogP contribution in [0.3, 0.4) is 0 Å². The summed E-state index contributed by atoms with van der Waals surface area (Å²) in [5, 5.41) is 5.64. The summed E-state index contributed by atoms with van der Waals surface area (Å²) in [5.74, 6) is 1.47. The molecule has 23 heavy (non-hydrogen) atoms. The summed E-state index contributed by atoms with van der Waals surface area (Å²) in [6.07, 6.45) is 0.752. The van der Waals surface area contributed by atoms with Gasteiger partial charge in [0.15, 0.2) is 0 Å². The van der Waals surface area contributed by atoms with E-state index in [9.17, 15) is 4.79 Å². The number of methoxy groups -OCH3 is 2. The van der Waals surface area contributed by atoms with Crippen LogP contribution in [0.1, 0.15) is 11.1 Å². The molecule has 2 amide bonds. The van der Waals surface area contributed by atoms with Crippen LogP contribution in [0, 0.1) is 6.92 Å². The number of anilines is 1. The molecule has 5 heteroatoms. The number of carbonyl (C=O) groups excluding carboxylic acids is 1. The molecule has 0 atom stereocenters. The Morgan fingerprint density at radius 1 is 1.04 bits per heavy atom. The second-order valence-electron chi connectivity index (χ2n) is 5.18. The van der Waals surface area contributed by atoms with Crippen molar-refractivity contribution < 1.29 is 14.3 Å². The van der Waals surface area contributed by atoms with Crippen molar-refractivity contribution >= 4 is 11.7 Å². The monoisotopic (exact) mass is 314 g/mol. The van der Waals surface area contributed by atoms with Gasteiger partial charge in [0.1, 0.15) is 11.5 Å². The molecule has 0 aromatic heterocycles. The van der Waals surface area contributed by atoms with Gasteiger partial charge in [-0.15, -0.1) is 0 Å². The Morgan fingerprint density at radius 3 is 2.43 bits per heavy atom. The molecule has 0 bridgehead atoms.